The lowest BCUT2D eigenvalue weighted by Crippen LogP contribution is -2.47. The molecule has 1 saturated heterocycles. The minimum Gasteiger partial charge on any atom is -0.369 e. The lowest BCUT2D eigenvalue weighted by molar-refractivity contribution is -0.121. The van der Waals surface area contributed by atoms with E-state index in [1.807, 2.05) is 6.07 Å². The normalized spacial score (nSPS) is 20.3. The van der Waals surface area contributed by atoms with Crippen LogP contribution >= 0.6 is 0 Å². The van der Waals surface area contributed by atoms with Crippen LogP contribution in [0.4, 0.5) is 5.69 Å². The first kappa shape index (κ1) is 16.7. The van der Waals surface area contributed by atoms with Crippen molar-refractivity contribution < 1.29 is 4.79 Å². The van der Waals surface area contributed by atoms with E-state index in [1.54, 1.807) is 0 Å². The van der Waals surface area contributed by atoms with Gasteiger partial charge in [-0.15, -0.1) is 0 Å². The Morgan fingerprint density at radius 1 is 1.12 bits per heavy atom. The molecule has 1 fully saturated rings. The van der Waals surface area contributed by atoms with E-state index >= 15 is 0 Å². The van der Waals surface area contributed by atoms with Crippen LogP contribution in [0.5, 0.6) is 0 Å². The highest BCUT2D eigenvalue weighted by atomic mass is 16.2. The number of benzene rings is 1. The largest absolute Gasteiger partial charge is 0.369 e. The Hall–Kier alpha value is -2.14. The van der Waals surface area contributed by atoms with Crippen LogP contribution in [0.3, 0.4) is 0 Å². The number of rotatable bonds is 5. The van der Waals surface area contributed by atoms with Crippen molar-refractivity contribution in [1.82, 2.24) is 10.3 Å². The predicted octanol–water partition coefficient (Wildman–Crippen LogP) is 2.41. The van der Waals surface area contributed by atoms with Gasteiger partial charge in [-0.2, -0.15) is 5.10 Å². The molecule has 0 radical (unpaired) electrons. The van der Waals surface area contributed by atoms with Gasteiger partial charge in [0.1, 0.15) is 0 Å². The van der Waals surface area contributed by atoms with E-state index in [0.29, 0.717) is 6.42 Å². The first-order valence-electron chi connectivity index (χ1n) is 8.75. The summed E-state index contributed by atoms with van der Waals surface area (Å²) in [6, 6.07) is 10.5. The Labute approximate surface area is 144 Å². The van der Waals surface area contributed by atoms with Crippen LogP contribution < -0.4 is 10.3 Å². The minimum absolute atomic E-state index is 0.00550. The van der Waals surface area contributed by atoms with E-state index in [4.69, 9.17) is 0 Å². The number of hydrogen-bond donors (Lipinski definition) is 1. The van der Waals surface area contributed by atoms with Crippen molar-refractivity contribution in [2.24, 2.45) is 5.10 Å². The van der Waals surface area contributed by atoms with Crippen LogP contribution in [0.2, 0.25) is 0 Å². The Balaban J connectivity index is 1.37. The van der Waals surface area contributed by atoms with E-state index in [2.05, 4.69) is 57.6 Å². The van der Waals surface area contributed by atoms with Crippen molar-refractivity contribution in [2.45, 2.75) is 26.2 Å². The van der Waals surface area contributed by atoms with Gasteiger partial charge in [0.15, 0.2) is 0 Å². The molecular formula is C19H26N4O. The standard InChI is InChI=1S/C19H26N4O/c1-16-7-8-17(15-16)20-21-19(24)9-10-22-11-13-23(14-12-22)18-5-3-2-4-6-18/h2-6,15H,7-14H2,1H3,(H,21,24). The number of para-hydroxylation sites is 1. The highest BCUT2D eigenvalue weighted by Crippen LogP contribution is 2.16. The number of piperazine rings is 1. The molecule has 24 heavy (non-hydrogen) atoms. The fourth-order valence-electron chi connectivity index (χ4n) is 3.16. The van der Waals surface area contributed by atoms with Gasteiger partial charge < -0.3 is 4.90 Å². The molecule has 1 N–H and O–H groups in total. The summed E-state index contributed by atoms with van der Waals surface area (Å²) < 4.78 is 0. The van der Waals surface area contributed by atoms with Gasteiger partial charge in [0.2, 0.25) is 5.91 Å². The van der Waals surface area contributed by atoms with Crippen molar-refractivity contribution in [2.75, 3.05) is 37.6 Å². The number of allylic oxidation sites excluding steroid dienone is 2. The molecule has 3 rings (SSSR count). The maximum Gasteiger partial charge on any atom is 0.241 e. The fourth-order valence-corrected chi connectivity index (χ4v) is 3.16. The number of carbonyl (C=O) groups is 1. The van der Waals surface area contributed by atoms with Crippen LogP contribution in [0.1, 0.15) is 26.2 Å². The van der Waals surface area contributed by atoms with E-state index in [9.17, 15) is 4.79 Å². The lowest BCUT2D eigenvalue weighted by atomic mass is 10.2. The van der Waals surface area contributed by atoms with Crippen LogP contribution in [0, 0.1) is 0 Å². The summed E-state index contributed by atoms with van der Waals surface area (Å²) in [5.41, 5.74) is 6.29. The maximum atomic E-state index is 11.9. The van der Waals surface area contributed by atoms with Gasteiger partial charge in [-0.1, -0.05) is 23.8 Å². The van der Waals surface area contributed by atoms with Crippen LogP contribution in [0.15, 0.2) is 47.1 Å². The number of hydrogen-bond acceptors (Lipinski definition) is 4. The summed E-state index contributed by atoms with van der Waals surface area (Å²) >= 11 is 0. The molecule has 0 atom stereocenters. The van der Waals surface area contributed by atoms with E-state index in [0.717, 1.165) is 51.3 Å². The monoisotopic (exact) mass is 326 g/mol. The number of nitrogens with zero attached hydrogens (tertiary/aromatic N) is 3. The van der Waals surface area contributed by atoms with Gasteiger partial charge >= 0.3 is 0 Å². The Bertz CT molecular complexity index is 616. The minimum atomic E-state index is 0.00550. The lowest BCUT2D eigenvalue weighted by Gasteiger charge is -2.36. The molecule has 128 valence electrons. The third-order valence-corrected chi connectivity index (χ3v) is 4.66. The summed E-state index contributed by atoms with van der Waals surface area (Å²) in [6.07, 6.45) is 4.56. The zero-order valence-electron chi connectivity index (χ0n) is 14.4. The summed E-state index contributed by atoms with van der Waals surface area (Å²) in [4.78, 5) is 16.7. The van der Waals surface area contributed by atoms with Gasteiger partial charge in [-0.25, -0.2) is 5.43 Å². The van der Waals surface area contributed by atoms with Gasteiger partial charge in [-0.05, 0) is 38.0 Å². The molecule has 0 bridgehead atoms. The topological polar surface area (TPSA) is 47.9 Å². The van der Waals surface area contributed by atoms with Crippen LogP contribution in [-0.4, -0.2) is 49.2 Å². The van der Waals surface area contributed by atoms with Crippen molar-refractivity contribution in [3.8, 4) is 0 Å². The molecule has 2 aliphatic rings. The SMILES string of the molecule is CC1=CC(=NNC(=O)CCN2CCN(c3ccccc3)CC2)CC1. The molecule has 0 saturated carbocycles. The second-order valence-corrected chi connectivity index (χ2v) is 6.54. The molecule has 0 spiro atoms. The quantitative estimate of drug-likeness (QED) is 0.845. The molecule has 5 heteroatoms. The Morgan fingerprint density at radius 3 is 2.54 bits per heavy atom. The number of hydrazone groups is 1. The van der Waals surface area contributed by atoms with Gasteiger partial charge in [0, 0.05) is 44.8 Å². The van der Waals surface area contributed by atoms with E-state index in [-0.39, 0.29) is 5.91 Å². The molecule has 1 heterocycles. The molecule has 1 aliphatic carbocycles. The fraction of sp³-hybridized carbons (Fsp3) is 0.474. The molecule has 1 aromatic rings. The first-order chi connectivity index (χ1) is 11.7. The van der Waals surface area contributed by atoms with Crippen LogP contribution in [-0.2, 0) is 4.79 Å². The molecular weight excluding hydrogens is 300 g/mol. The molecule has 5 nitrogen and oxygen atoms in total. The second-order valence-electron chi connectivity index (χ2n) is 6.54. The van der Waals surface area contributed by atoms with E-state index in [1.165, 1.54) is 11.3 Å². The Kier molecular flexibility index (Phi) is 5.64. The molecule has 0 unspecified atom stereocenters. The predicted molar refractivity (Wildman–Crippen MR) is 98.3 cm³/mol. The zero-order chi connectivity index (χ0) is 16.8. The van der Waals surface area contributed by atoms with Crippen molar-refractivity contribution in [1.29, 1.82) is 0 Å². The summed E-state index contributed by atoms with van der Waals surface area (Å²) in [7, 11) is 0. The molecule has 1 aliphatic heterocycles. The number of amides is 1. The average molecular weight is 326 g/mol. The summed E-state index contributed by atoms with van der Waals surface area (Å²) in [5, 5.41) is 4.20. The third kappa shape index (κ3) is 4.68. The van der Waals surface area contributed by atoms with Gasteiger partial charge in [0.25, 0.3) is 0 Å². The highest BCUT2D eigenvalue weighted by molar-refractivity contribution is 5.98. The van der Waals surface area contributed by atoms with Crippen LogP contribution in [0.25, 0.3) is 0 Å². The van der Waals surface area contributed by atoms with E-state index < -0.39 is 0 Å². The number of carbonyl (C=O) groups excluding carboxylic acids is 1. The number of anilines is 1. The average Bonchev–Trinajstić information content (AvgIpc) is 3.05. The molecule has 0 aromatic heterocycles. The zero-order valence-corrected chi connectivity index (χ0v) is 14.4. The third-order valence-electron chi connectivity index (χ3n) is 4.66. The highest BCUT2D eigenvalue weighted by Gasteiger charge is 2.17. The summed E-state index contributed by atoms with van der Waals surface area (Å²) in [6.45, 7) is 6.92. The van der Waals surface area contributed by atoms with Crippen molar-refractivity contribution >= 4 is 17.3 Å². The van der Waals surface area contributed by atoms with Crippen molar-refractivity contribution in [3.63, 3.8) is 0 Å². The molecule has 1 aromatic carbocycles. The first-order valence-corrected chi connectivity index (χ1v) is 8.75. The molecule has 1 amide bonds. The number of nitrogens with one attached hydrogen (secondary N) is 1. The summed E-state index contributed by atoms with van der Waals surface area (Å²) in [5.74, 6) is 0.00550. The van der Waals surface area contributed by atoms with Gasteiger partial charge in [0.05, 0.1) is 5.71 Å². The van der Waals surface area contributed by atoms with Crippen molar-refractivity contribution in [3.05, 3.63) is 42.0 Å². The van der Waals surface area contributed by atoms with Gasteiger partial charge in [-0.3, -0.25) is 9.69 Å². The second kappa shape index (κ2) is 8.11. The Morgan fingerprint density at radius 2 is 1.88 bits per heavy atom. The maximum absolute atomic E-state index is 11.9. The smallest absolute Gasteiger partial charge is 0.241 e.